The first-order chi connectivity index (χ1) is 26.6. The van der Waals surface area contributed by atoms with E-state index < -0.39 is 20.0 Å². The molecular formula is C46H40IrN2OSi-2. The second-order valence-corrected chi connectivity index (χ2v) is 18.4. The van der Waals surface area contributed by atoms with Gasteiger partial charge in [0.15, 0.2) is 0 Å². The molecule has 3 nitrogen and oxygen atoms in total. The van der Waals surface area contributed by atoms with Crippen LogP contribution in [0.2, 0.25) is 19.6 Å². The van der Waals surface area contributed by atoms with E-state index >= 15 is 0 Å². The van der Waals surface area contributed by atoms with Gasteiger partial charge in [-0.2, -0.15) is 0 Å². The van der Waals surface area contributed by atoms with Crippen molar-refractivity contribution in [1.82, 2.24) is 9.97 Å². The van der Waals surface area contributed by atoms with E-state index in [1.807, 2.05) is 86.8 Å². The average molecular weight is 863 g/mol. The van der Waals surface area contributed by atoms with Gasteiger partial charge in [0.05, 0.1) is 20.5 Å². The second-order valence-electron chi connectivity index (χ2n) is 13.3. The van der Waals surface area contributed by atoms with Gasteiger partial charge in [0, 0.05) is 39.3 Å². The summed E-state index contributed by atoms with van der Waals surface area (Å²) in [5.74, 6) is -0.609. The van der Waals surface area contributed by atoms with Crippen LogP contribution in [0.25, 0.3) is 66.7 Å². The minimum absolute atomic E-state index is 0. The molecule has 0 unspecified atom stereocenters. The van der Waals surface area contributed by atoms with E-state index in [1.54, 1.807) is 18.3 Å². The Balaban J connectivity index is 0.000000223. The summed E-state index contributed by atoms with van der Waals surface area (Å²) in [6, 6.07) is 38.0. The Labute approximate surface area is 324 Å². The molecule has 8 rings (SSSR count). The molecule has 8 aromatic rings. The summed E-state index contributed by atoms with van der Waals surface area (Å²) in [4.78, 5) is 9.11. The molecule has 3 aromatic heterocycles. The van der Waals surface area contributed by atoms with Crippen LogP contribution in [-0.4, -0.2) is 18.0 Å². The van der Waals surface area contributed by atoms with E-state index in [-0.39, 0.29) is 49.8 Å². The molecule has 0 aliphatic rings. The van der Waals surface area contributed by atoms with Gasteiger partial charge in [-0.1, -0.05) is 135 Å². The third-order valence-electron chi connectivity index (χ3n) is 8.58. The quantitative estimate of drug-likeness (QED) is 0.123. The molecule has 0 spiro atoms. The van der Waals surface area contributed by atoms with E-state index in [9.17, 15) is 0 Å². The van der Waals surface area contributed by atoms with Crippen LogP contribution >= 0.6 is 0 Å². The van der Waals surface area contributed by atoms with Crippen LogP contribution in [0.3, 0.4) is 0 Å². The zero-order chi connectivity index (χ0) is 39.9. The van der Waals surface area contributed by atoms with E-state index in [0.29, 0.717) is 22.4 Å². The molecule has 0 fully saturated rings. The zero-order valence-corrected chi connectivity index (χ0v) is 32.5. The molecule has 255 valence electrons. The number of hydrogen-bond donors (Lipinski definition) is 0. The molecular weight excluding hydrogens is 817 g/mol. The number of hydrogen-bond acceptors (Lipinski definition) is 3. The van der Waals surface area contributed by atoms with E-state index in [1.165, 1.54) is 5.19 Å². The van der Waals surface area contributed by atoms with Gasteiger partial charge in [-0.05, 0) is 56.9 Å². The summed E-state index contributed by atoms with van der Waals surface area (Å²) >= 11 is 0. The average Bonchev–Trinajstić information content (AvgIpc) is 3.58. The fourth-order valence-electron chi connectivity index (χ4n) is 6.03. The molecule has 0 saturated heterocycles. The summed E-state index contributed by atoms with van der Waals surface area (Å²) in [5, 5.41) is 3.17. The van der Waals surface area contributed by atoms with Crippen molar-refractivity contribution in [3.05, 3.63) is 163 Å². The molecule has 51 heavy (non-hydrogen) atoms. The molecule has 0 aliphatic heterocycles. The predicted octanol–water partition coefficient (Wildman–Crippen LogP) is 12.0. The summed E-state index contributed by atoms with van der Waals surface area (Å²) in [6.45, 7) is 10.8. The topological polar surface area (TPSA) is 38.9 Å². The van der Waals surface area contributed by atoms with Crippen molar-refractivity contribution >= 4 is 35.2 Å². The van der Waals surface area contributed by atoms with Crippen molar-refractivity contribution in [2.24, 2.45) is 0 Å². The number of furan rings is 1. The van der Waals surface area contributed by atoms with Crippen molar-refractivity contribution in [3.63, 3.8) is 0 Å². The molecule has 0 aliphatic carbocycles. The number of benzene rings is 5. The zero-order valence-electron chi connectivity index (χ0n) is 35.1. The Morgan fingerprint density at radius 1 is 0.706 bits per heavy atom. The molecule has 3 heterocycles. The van der Waals surface area contributed by atoms with Crippen molar-refractivity contribution in [1.29, 1.82) is 0 Å². The van der Waals surface area contributed by atoms with E-state index in [4.69, 9.17) is 12.6 Å². The first-order valence-corrected chi connectivity index (χ1v) is 20.1. The van der Waals surface area contributed by atoms with Crippen molar-refractivity contribution in [2.75, 3.05) is 0 Å². The number of pyridine rings is 2. The maximum atomic E-state index is 8.44. The van der Waals surface area contributed by atoms with Gasteiger partial charge < -0.3 is 14.4 Å². The SMILES string of the molecule is [2H]C(C)(C)c1cc(-c2[c-]cccc2)ncc1[Si](C)(C)C.[2H]c1c([2H])c([2H])c(-c2ccnc(-c3[c-]ccc4c3oc3cc(-c5ccccc5)ccc34)c2)c([2H])c1[2H].[Ir]. The summed E-state index contributed by atoms with van der Waals surface area (Å²) in [7, 11) is -1.50. The fourth-order valence-corrected chi connectivity index (χ4v) is 7.61. The van der Waals surface area contributed by atoms with Crippen LogP contribution in [0.15, 0.2) is 150 Å². The number of nitrogens with zero attached hydrogens (tertiary/aromatic N) is 2. The molecule has 1 radical (unpaired) electrons. The van der Waals surface area contributed by atoms with Crippen LogP contribution in [-0.2, 0) is 20.1 Å². The van der Waals surface area contributed by atoms with Gasteiger partial charge in [-0.15, -0.1) is 54.1 Å². The second kappa shape index (κ2) is 15.5. The van der Waals surface area contributed by atoms with Gasteiger partial charge >= 0.3 is 0 Å². The Morgan fingerprint density at radius 2 is 1.47 bits per heavy atom. The molecule has 5 aromatic carbocycles. The standard InChI is InChI=1S/C29H18NO.C17H22NSi.Ir/c1-3-8-20(9-4-1)22-14-15-24-25-12-7-13-26(29(25)31-28(24)19-22)27-18-23(16-17-30-27)21-10-5-2-6-11-21;1-13(2)15-11-16(14-9-7-6-8-10-14)18-12-17(15)19(3,4)5;/h1-12,14-19H;6-9,11-13H,1-5H3;/q2*-1;/i2D,5D,6D,10D,11D;13D;. The van der Waals surface area contributed by atoms with Crippen LogP contribution in [0.4, 0.5) is 0 Å². The van der Waals surface area contributed by atoms with Crippen LogP contribution in [0.5, 0.6) is 0 Å². The molecule has 0 bridgehead atoms. The molecule has 0 amide bonds. The smallest absolute Gasteiger partial charge is 0.121 e. The maximum absolute atomic E-state index is 8.44. The molecule has 5 heteroatoms. The Morgan fingerprint density at radius 3 is 2.20 bits per heavy atom. The minimum atomic E-state index is -1.50. The monoisotopic (exact) mass is 863 g/mol. The maximum Gasteiger partial charge on any atom is 0.121 e. The fraction of sp³-hybridized carbons (Fsp3) is 0.130. The van der Waals surface area contributed by atoms with Crippen molar-refractivity contribution in [3.8, 4) is 44.8 Å². The van der Waals surface area contributed by atoms with E-state index in [0.717, 1.165) is 44.3 Å². The Hall–Kier alpha value is -4.93. The number of rotatable bonds is 6. The third-order valence-corrected chi connectivity index (χ3v) is 10.6. The van der Waals surface area contributed by atoms with Crippen LogP contribution in [0, 0.1) is 12.1 Å². The van der Waals surface area contributed by atoms with Gasteiger partial charge in [-0.25, -0.2) is 0 Å². The Bertz CT molecular complexity index is 2700. The summed E-state index contributed by atoms with van der Waals surface area (Å²) in [6.07, 6.45) is 3.54. The molecule has 0 atom stereocenters. The van der Waals surface area contributed by atoms with E-state index in [2.05, 4.69) is 66.0 Å². The van der Waals surface area contributed by atoms with Gasteiger partial charge in [0.2, 0.25) is 0 Å². The third kappa shape index (κ3) is 7.87. The van der Waals surface area contributed by atoms with Crippen molar-refractivity contribution in [2.45, 2.75) is 39.4 Å². The van der Waals surface area contributed by atoms with Gasteiger partial charge in [-0.3, -0.25) is 0 Å². The Kier molecular flexibility index (Phi) is 8.75. The summed E-state index contributed by atoms with van der Waals surface area (Å²) in [5.41, 5.74) is 8.29. The van der Waals surface area contributed by atoms with Gasteiger partial charge in [0.1, 0.15) is 5.58 Å². The number of aromatic nitrogens is 2. The molecule has 0 N–H and O–H groups in total. The predicted molar refractivity (Wildman–Crippen MR) is 212 cm³/mol. The van der Waals surface area contributed by atoms with Crippen LogP contribution in [0.1, 0.15) is 33.5 Å². The first kappa shape index (κ1) is 28.7. The van der Waals surface area contributed by atoms with Crippen molar-refractivity contribution < 1.29 is 32.7 Å². The number of fused-ring (bicyclic) bond motifs is 3. The largest absolute Gasteiger partial charge is 0.501 e. The first-order valence-electron chi connectivity index (χ1n) is 19.6. The van der Waals surface area contributed by atoms with Crippen LogP contribution < -0.4 is 5.19 Å². The minimum Gasteiger partial charge on any atom is -0.501 e. The summed E-state index contributed by atoms with van der Waals surface area (Å²) < 4.78 is 55.3. The van der Waals surface area contributed by atoms with Gasteiger partial charge in [0.25, 0.3) is 0 Å². The normalized spacial score (nSPS) is 13.1. The molecule has 0 saturated carbocycles.